The molecule has 3 aromatic rings. The number of piperidine rings is 1. The third-order valence-corrected chi connectivity index (χ3v) is 5.47. The number of nitrogens with zero attached hydrogens (tertiary/aromatic N) is 3. The second-order valence-electron chi connectivity index (χ2n) is 7.60. The third kappa shape index (κ3) is 4.48. The van der Waals surface area contributed by atoms with Crippen LogP contribution < -0.4 is 10.2 Å². The lowest BCUT2D eigenvalue weighted by atomic mass is 10.1. The van der Waals surface area contributed by atoms with E-state index >= 15 is 0 Å². The second kappa shape index (κ2) is 9.03. The molecule has 2 aromatic carbocycles. The van der Waals surface area contributed by atoms with Crippen LogP contribution in [0.5, 0.6) is 0 Å². The largest absolute Gasteiger partial charge is 0.355 e. The van der Waals surface area contributed by atoms with Crippen LogP contribution in [0.3, 0.4) is 0 Å². The molecule has 154 valence electrons. The van der Waals surface area contributed by atoms with Crippen molar-refractivity contribution in [3.05, 3.63) is 77.9 Å². The zero-order valence-electron chi connectivity index (χ0n) is 17.0. The van der Waals surface area contributed by atoms with Crippen LogP contribution in [0.15, 0.2) is 60.9 Å². The summed E-state index contributed by atoms with van der Waals surface area (Å²) in [5.41, 5.74) is 3.20. The van der Waals surface area contributed by atoms with E-state index in [4.69, 9.17) is 0 Å². The quantitative estimate of drug-likeness (QED) is 0.666. The zero-order valence-corrected chi connectivity index (χ0v) is 17.0. The molecule has 30 heavy (non-hydrogen) atoms. The maximum Gasteiger partial charge on any atom is 0.251 e. The number of aromatic nitrogens is 2. The SMILES string of the molecule is CC(NC(=O)c1ccc(-c2nccnc2N2CCCCC2)cc1)c1ccc(F)cc1. The fourth-order valence-electron chi connectivity index (χ4n) is 3.77. The summed E-state index contributed by atoms with van der Waals surface area (Å²) in [6, 6.07) is 13.4. The Morgan fingerprint density at radius 3 is 2.33 bits per heavy atom. The molecule has 0 aliphatic carbocycles. The first-order chi connectivity index (χ1) is 14.6. The Balaban J connectivity index is 1.49. The van der Waals surface area contributed by atoms with Gasteiger partial charge in [0.15, 0.2) is 5.82 Å². The summed E-state index contributed by atoms with van der Waals surface area (Å²) in [5.74, 6) is 0.439. The molecule has 2 heterocycles. The van der Waals surface area contributed by atoms with Crippen LogP contribution in [0.1, 0.15) is 48.1 Å². The van der Waals surface area contributed by atoms with E-state index in [1.165, 1.54) is 31.4 Å². The van der Waals surface area contributed by atoms with E-state index in [-0.39, 0.29) is 17.8 Å². The van der Waals surface area contributed by atoms with Gasteiger partial charge in [0.05, 0.1) is 6.04 Å². The van der Waals surface area contributed by atoms with Crippen LogP contribution in [0.25, 0.3) is 11.3 Å². The fraction of sp³-hybridized carbons (Fsp3) is 0.292. The number of benzene rings is 2. The molecule has 1 saturated heterocycles. The van der Waals surface area contributed by atoms with E-state index in [2.05, 4.69) is 20.2 Å². The average Bonchev–Trinajstić information content (AvgIpc) is 2.80. The minimum atomic E-state index is -0.291. The van der Waals surface area contributed by atoms with E-state index < -0.39 is 0 Å². The van der Waals surface area contributed by atoms with Crippen molar-refractivity contribution in [3.63, 3.8) is 0 Å². The highest BCUT2D eigenvalue weighted by Gasteiger charge is 2.18. The number of anilines is 1. The summed E-state index contributed by atoms with van der Waals surface area (Å²) in [5, 5.41) is 2.96. The zero-order chi connectivity index (χ0) is 20.9. The third-order valence-electron chi connectivity index (χ3n) is 5.47. The number of halogens is 1. The van der Waals surface area contributed by atoms with Crippen LogP contribution in [0.2, 0.25) is 0 Å². The van der Waals surface area contributed by atoms with Crippen LogP contribution in [-0.4, -0.2) is 29.0 Å². The first kappa shape index (κ1) is 20.0. The highest BCUT2D eigenvalue weighted by atomic mass is 19.1. The molecule has 0 spiro atoms. The van der Waals surface area contributed by atoms with Gasteiger partial charge < -0.3 is 10.2 Å². The van der Waals surface area contributed by atoms with Crippen molar-refractivity contribution in [2.75, 3.05) is 18.0 Å². The summed E-state index contributed by atoms with van der Waals surface area (Å²) in [4.78, 5) is 24.1. The Kier molecular flexibility index (Phi) is 6.02. The summed E-state index contributed by atoms with van der Waals surface area (Å²) in [7, 11) is 0. The molecule has 1 N–H and O–H groups in total. The van der Waals surface area contributed by atoms with Gasteiger partial charge in [-0.25, -0.2) is 9.37 Å². The topological polar surface area (TPSA) is 58.1 Å². The summed E-state index contributed by atoms with van der Waals surface area (Å²) < 4.78 is 13.1. The highest BCUT2D eigenvalue weighted by molar-refractivity contribution is 5.95. The molecule has 1 atom stereocenters. The van der Waals surface area contributed by atoms with Gasteiger partial charge in [0, 0.05) is 36.6 Å². The lowest BCUT2D eigenvalue weighted by Crippen LogP contribution is -2.30. The number of carbonyl (C=O) groups is 1. The molecule has 1 fully saturated rings. The van der Waals surface area contributed by atoms with Crippen molar-refractivity contribution in [1.82, 2.24) is 15.3 Å². The first-order valence-corrected chi connectivity index (χ1v) is 10.3. The van der Waals surface area contributed by atoms with Crippen LogP contribution >= 0.6 is 0 Å². The van der Waals surface area contributed by atoms with E-state index in [1.807, 2.05) is 19.1 Å². The minimum absolute atomic E-state index is 0.172. The number of nitrogens with one attached hydrogen (secondary N) is 1. The molecular weight excluding hydrogens is 379 g/mol. The molecule has 0 radical (unpaired) electrons. The highest BCUT2D eigenvalue weighted by Crippen LogP contribution is 2.28. The van der Waals surface area contributed by atoms with Crippen molar-refractivity contribution in [2.45, 2.75) is 32.2 Å². The van der Waals surface area contributed by atoms with Gasteiger partial charge in [0.2, 0.25) is 0 Å². The maximum absolute atomic E-state index is 13.1. The molecule has 1 aliphatic heterocycles. The predicted molar refractivity (Wildman–Crippen MR) is 116 cm³/mol. The van der Waals surface area contributed by atoms with Gasteiger partial charge in [-0.05, 0) is 56.0 Å². The van der Waals surface area contributed by atoms with Gasteiger partial charge in [-0.2, -0.15) is 0 Å². The van der Waals surface area contributed by atoms with Gasteiger partial charge in [-0.15, -0.1) is 0 Å². The molecule has 6 heteroatoms. The lowest BCUT2D eigenvalue weighted by Gasteiger charge is -2.28. The number of hydrogen-bond acceptors (Lipinski definition) is 4. The maximum atomic E-state index is 13.1. The molecule has 4 rings (SSSR count). The standard InChI is InChI=1S/C24H25FN4O/c1-17(18-9-11-21(25)12-10-18)28-24(30)20-7-5-19(6-8-20)22-23(27-14-13-26-22)29-15-3-2-4-16-29/h5-14,17H,2-4,15-16H2,1H3,(H,28,30). The van der Waals surface area contributed by atoms with Gasteiger partial charge >= 0.3 is 0 Å². The van der Waals surface area contributed by atoms with Crippen molar-refractivity contribution in [2.24, 2.45) is 0 Å². The van der Waals surface area contributed by atoms with Crippen molar-refractivity contribution in [1.29, 1.82) is 0 Å². The molecule has 0 saturated carbocycles. The van der Waals surface area contributed by atoms with E-state index in [0.717, 1.165) is 35.7 Å². The van der Waals surface area contributed by atoms with Crippen LogP contribution in [0.4, 0.5) is 10.2 Å². The van der Waals surface area contributed by atoms with Crippen molar-refractivity contribution >= 4 is 11.7 Å². The molecule has 1 amide bonds. The Morgan fingerprint density at radius 1 is 0.967 bits per heavy atom. The number of hydrogen-bond donors (Lipinski definition) is 1. The Hall–Kier alpha value is -3.28. The Bertz CT molecular complexity index is 998. The Labute approximate surface area is 176 Å². The molecule has 1 aromatic heterocycles. The number of rotatable bonds is 5. The minimum Gasteiger partial charge on any atom is -0.355 e. The monoisotopic (exact) mass is 404 g/mol. The summed E-state index contributed by atoms with van der Waals surface area (Å²) in [6.45, 7) is 3.87. The summed E-state index contributed by atoms with van der Waals surface area (Å²) in [6.07, 6.45) is 7.02. The van der Waals surface area contributed by atoms with Gasteiger partial charge in [-0.1, -0.05) is 24.3 Å². The molecule has 0 bridgehead atoms. The Morgan fingerprint density at radius 2 is 1.63 bits per heavy atom. The normalized spacial score (nSPS) is 14.9. The average molecular weight is 404 g/mol. The summed E-state index contributed by atoms with van der Waals surface area (Å²) >= 11 is 0. The van der Waals surface area contributed by atoms with Crippen LogP contribution in [-0.2, 0) is 0 Å². The fourth-order valence-corrected chi connectivity index (χ4v) is 3.77. The van der Waals surface area contributed by atoms with Crippen molar-refractivity contribution < 1.29 is 9.18 Å². The van der Waals surface area contributed by atoms with E-state index in [1.54, 1.807) is 36.7 Å². The second-order valence-corrected chi connectivity index (χ2v) is 7.60. The van der Waals surface area contributed by atoms with Gasteiger partial charge in [0.1, 0.15) is 11.5 Å². The van der Waals surface area contributed by atoms with Crippen molar-refractivity contribution in [3.8, 4) is 11.3 Å². The molecule has 5 nitrogen and oxygen atoms in total. The molecule has 1 aliphatic rings. The van der Waals surface area contributed by atoms with E-state index in [0.29, 0.717) is 5.56 Å². The first-order valence-electron chi connectivity index (χ1n) is 10.3. The number of carbonyl (C=O) groups excluding carboxylic acids is 1. The van der Waals surface area contributed by atoms with Crippen LogP contribution in [0, 0.1) is 5.82 Å². The molecular formula is C24H25FN4O. The molecule has 1 unspecified atom stereocenters. The van der Waals surface area contributed by atoms with E-state index in [9.17, 15) is 9.18 Å². The predicted octanol–water partition coefficient (Wildman–Crippen LogP) is 4.76. The van der Waals surface area contributed by atoms with Gasteiger partial charge in [-0.3, -0.25) is 9.78 Å². The smallest absolute Gasteiger partial charge is 0.251 e. The lowest BCUT2D eigenvalue weighted by molar-refractivity contribution is 0.0940. The number of amides is 1. The van der Waals surface area contributed by atoms with Gasteiger partial charge in [0.25, 0.3) is 5.91 Å².